The van der Waals surface area contributed by atoms with E-state index >= 15 is 0 Å². The van der Waals surface area contributed by atoms with Gasteiger partial charge in [-0.3, -0.25) is 9.36 Å². The molecule has 1 saturated carbocycles. The number of rotatable bonds is 5. The molecule has 1 aliphatic carbocycles. The number of piperidine rings is 1. The van der Waals surface area contributed by atoms with Gasteiger partial charge in [0.1, 0.15) is 6.54 Å². The van der Waals surface area contributed by atoms with Crippen molar-refractivity contribution in [2.75, 3.05) is 6.54 Å². The summed E-state index contributed by atoms with van der Waals surface area (Å²) in [6, 6.07) is 4.53. The van der Waals surface area contributed by atoms with Gasteiger partial charge in [0.25, 0.3) is 0 Å². The van der Waals surface area contributed by atoms with Crippen LogP contribution in [0.1, 0.15) is 51.9 Å². The summed E-state index contributed by atoms with van der Waals surface area (Å²) in [5, 5.41) is 2.95. The number of fused-ring (bicyclic) bond motifs is 1. The van der Waals surface area contributed by atoms with Crippen molar-refractivity contribution in [3.63, 3.8) is 0 Å². The van der Waals surface area contributed by atoms with Crippen LogP contribution in [0, 0.1) is 0 Å². The van der Waals surface area contributed by atoms with Crippen LogP contribution in [0.25, 0.3) is 11.1 Å². The molecule has 1 N–H and O–H groups in total. The van der Waals surface area contributed by atoms with Gasteiger partial charge in [-0.25, -0.2) is 13.2 Å². The maximum atomic E-state index is 13.0. The Kier molecular flexibility index (Phi) is 5.52. The molecule has 1 saturated heterocycles. The Balaban J connectivity index is 1.59. The van der Waals surface area contributed by atoms with Crippen LogP contribution in [0.3, 0.4) is 0 Å². The van der Waals surface area contributed by atoms with E-state index in [4.69, 9.17) is 4.42 Å². The molecule has 1 atom stereocenters. The molecule has 1 aliphatic heterocycles. The van der Waals surface area contributed by atoms with E-state index in [-0.39, 0.29) is 35.0 Å². The molecule has 0 spiro atoms. The maximum absolute atomic E-state index is 13.0. The first kappa shape index (κ1) is 20.2. The molecule has 1 aromatic heterocycles. The first-order valence-electron chi connectivity index (χ1n) is 10.3. The second-order valence-electron chi connectivity index (χ2n) is 8.09. The molecule has 0 radical (unpaired) electrons. The minimum Gasteiger partial charge on any atom is -0.408 e. The quantitative estimate of drug-likeness (QED) is 0.798. The molecule has 0 bridgehead atoms. The van der Waals surface area contributed by atoms with Gasteiger partial charge in [-0.2, -0.15) is 4.31 Å². The van der Waals surface area contributed by atoms with E-state index in [1.807, 2.05) is 6.92 Å². The van der Waals surface area contributed by atoms with Crippen LogP contribution >= 0.6 is 0 Å². The highest BCUT2D eigenvalue weighted by molar-refractivity contribution is 7.89. The second-order valence-corrected chi connectivity index (χ2v) is 9.98. The third kappa shape index (κ3) is 3.98. The number of aromatic nitrogens is 1. The zero-order valence-electron chi connectivity index (χ0n) is 16.6. The Labute approximate surface area is 169 Å². The Bertz CT molecular complexity index is 1070. The SMILES string of the molecule is C[C@H]1CCCCN1S(=O)(=O)c1ccc2c(c1)oc(=O)n2CC(=O)NC1CCCC1. The van der Waals surface area contributed by atoms with Crippen molar-refractivity contribution in [1.82, 2.24) is 14.2 Å². The van der Waals surface area contributed by atoms with Crippen molar-refractivity contribution in [3.05, 3.63) is 28.7 Å². The first-order valence-corrected chi connectivity index (χ1v) is 11.7. The molecular weight excluding hydrogens is 394 g/mol. The van der Waals surface area contributed by atoms with Gasteiger partial charge >= 0.3 is 5.76 Å². The van der Waals surface area contributed by atoms with Gasteiger partial charge < -0.3 is 9.73 Å². The molecule has 4 rings (SSSR count). The number of benzene rings is 1. The Morgan fingerprint density at radius 1 is 1.17 bits per heavy atom. The van der Waals surface area contributed by atoms with Crippen LogP contribution in [0.2, 0.25) is 0 Å². The van der Waals surface area contributed by atoms with Crippen molar-refractivity contribution in [2.45, 2.75) is 75.4 Å². The molecule has 8 nitrogen and oxygen atoms in total. The smallest absolute Gasteiger partial charge is 0.408 e. The van der Waals surface area contributed by atoms with Gasteiger partial charge in [0, 0.05) is 24.7 Å². The van der Waals surface area contributed by atoms with Gasteiger partial charge in [-0.1, -0.05) is 19.3 Å². The molecular formula is C20H27N3O5S. The predicted octanol–water partition coefficient (Wildman–Crippen LogP) is 2.22. The normalized spacial score (nSPS) is 21.6. The molecule has 2 heterocycles. The zero-order valence-corrected chi connectivity index (χ0v) is 17.4. The summed E-state index contributed by atoms with van der Waals surface area (Å²) in [4.78, 5) is 24.7. The topological polar surface area (TPSA) is 102 Å². The van der Waals surface area contributed by atoms with E-state index in [0.717, 1.165) is 44.9 Å². The lowest BCUT2D eigenvalue weighted by Gasteiger charge is -2.32. The average molecular weight is 422 g/mol. The zero-order chi connectivity index (χ0) is 20.6. The first-order chi connectivity index (χ1) is 13.9. The molecule has 9 heteroatoms. The number of carbonyl (C=O) groups is 1. The Hall–Kier alpha value is -2.13. The van der Waals surface area contributed by atoms with Crippen molar-refractivity contribution in [3.8, 4) is 0 Å². The second kappa shape index (κ2) is 7.95. The number of hydrogen-bond acceptors (Lipinski definition) is 5. The van der Waals surface area contributed by atoms with Crippen molar-refractivity contribution < 1.29 is 17.6 Å². The largest absolute Gasteiger partial charge is 0.420 e. The summed E-state index contributed by atoms with van der Waals surface area (Å²) in [7, 11) is -3.66. The molecule has 29 heavy (non-hydrogen) atoms. The fourth-order valence-corrected chi connectivity index (χ4v) is 6.12. The average Bonchev–Trinajstić information content (AvgIpc) is 3.29. The molecule has 2 aliphatic rings. The van der Waals surface area contributed by atoms with E-state index in [1.54, 1.807) is 6.07 Å². The fraction of sp³-hybridized carbons (Fsp3) is 0.600. The lowest BCUT2D eigenvalue weighted by atomic mass is 10.1. The number of nitrogens with one attached hydrogen (secondary N) is 1. The van der Waals surface area contributed by atoms with Gasteiger partial charge in [0.05, 0.1) is 10.4 Å². The van der Waals surface area contributed by atoms with Crippen LogP contribution in [-0.4, -0.2) is 41.8 Å². The number of nitrogens with zero attached hydrogens (tertiary/aromatic N) is 2. The molecule has 0 unspecified atom stereocenters. The molecule has 158 valence electrons. The van der Waals surface area contributed by atoms with Crippen molar-refractivity contribution in [1.29, 1.82) is 0 Å². The van der Waals surface area contributed by atoms with Gasteiger partial charge in [-0.05, 0) is 44.7 Å². The highest BCUT2D eigenvalue weighted by Crippen LogP contribution is 2.27. The minimum absolute atomic E-state index is 0.0552. The lowest BCUT2D eigenvalue weighted by molar-refractivity contribution is -0.122. The highest BCUT2D eigenvalue weighted by atomic mass is 32.2. The number of hydrogen-bond donors (Lipinski definition) is 1. The Morgan fingerprint density at radius 2 is 1.90 bits per heavy atom. The predicted molar refractivity (Wildman–Crippen MR) is 108 cm³/mol. The number of amides is 1. The minimum atomic E-state index is -3.66. The van der Waals surface area contributed by atoms with Gasteiger partial charge in [-0.15, -0.1) is 0 Å². The van der Waals surface area contributed by atoms with Crippen molar-refractivity contribution >= 4 is 27.0 Å². The van der Waals surface area contributed by atoms with E-state index in [1.165, 1.54) is 21.0 Å². The number of carbonyl (C=O) groups excluding carboxylic acids is 1. The fourth-order valence-electron chi connectivity index (χ4n) is 4.41. The van der Waals surface area contributed by atoms with E-state index in [9.17, 15) is 18.0 Å². The monoisotopic (exact) mass is 421 g/mol. The summed E-state index contributed by atoms with van der Waals surface area (Å²) >= 11 is 0. The van der Waals surface area contributed by atoms with Crippen LogP contribution in [0.4, 0.5) is 0 Å². The summed E-state index contributed by atoms with van der Waals surface area (Å²) in [5.41, 5.74) is 0.594. The molecule has 1 amide bonds. The maximum Gasteiger partial charge on any atom is 0.420 e. The third-order valence-electron chi connectivity index (χ3n) is 6.01. The standard InChI is InChI=1S/C20H27N3O5S/c1-14-6-4-5-11-23(14)29(26,27)16-9-10-17-18(12-16)28-20(25)22(17)13-19(24)21-15-7-2-3-8-15/h9-10,12,14-15H,2-8,11,13H2,1H3,(H,21,24)/t14-/m0/s1. The summed E-state index contributed by atoms with van der Waals surface area (Å²) in [5.74, 6) is -0.900. The van der Waals surface area contributed by atoms with Gasteiger partial charge in [0.15, 0.2) is 5.58 Å². The van der Waals surface area contributed by atoms with Crippen LogP contribution in [0.15, 0.2) is 32.3 Å². The van der Waals surface area contributed by atoms with Gasteiger partial charge in [0.2, 0.25) is 15.9 Å². The molecule has 2 aromatic rings. The van der Waals surface area contributed by atoms with E-state index in [2.05, 4.69) is 5.32 Å². The number of sulfonamides is 1. The summed E-state index contributed by atoms with van der Waals surface area (Å²) < 4.78 is 34.1. The van der Waals surface area contributed by atoms with Crippen LogP contribution < -0.4 is 11.1 Å². The molecule has 1 aromatic carbocycles. The lowest BCUT2D eigenvalue weighted by Crippen LogP contribution is -2.41. The third-order valence-corrected chi connectivity index (χ3v) is 8.02. The van der Waals surface area contributed by atoms with E-state index in [0.29, 0.717) is 12.1 Å². The summed E-state index contributed by atoms with van der Waals surface area (Å²) in [6.07, 6.45) is 6.83. The van der Waals surface area contributed by atoms with Crippen molar-refractivity contribution in [2.24, 2.45) is 0 Å². The van der Waals surface area contributed by atoms with Crippen LogP contribution in [-0.2, 0) is 21.4 Å². The highest BCUT2D eigenvalue weighted by Gasteiger charge is 2.31. The molecule has 2 fully saturated rings. The van der Waals surface area contributed by atoms with Crippen LogP contribution in [0.5, 0.6) is 0 Å². The Morgan fingerprint density at radius 3 is 2.62 bits per heavy atom. The van der Waals surface area contributed by atoms with E-state index < -0.39 is 15.8 Å². The summed E-state index contributed by atoms with van der Waals surface area (Å²) in [6.45, 7) is 2.26. The number of oxazole rings is 1.